The summed E-state index contributed by atoms with van der Waals surface area (Å²) >= 11 is 0. The fourth-order valence-electron chi connectivity index (χ4n) is 1.97. The minimum atomic E-state index is -0.598. The van der Waals surface area contributed by atoms with Crippen LogP contribution in [0.25, 0.3) is 0 Å². The van der Waals surface area contributed by atoms with Gasteiger partial charge < -0.3 is 21.5 Å². The van der Waals surface area contributed by atoms with Crippen LogP contribution < -0.4 is 21.5 Å². The van der Waals surface area contributed by atoms with E-state index in [2.05, 4.69) is 5.32 Å². The van der Waals surface area contributed by atoms with Crippen molar-refractivity contribution in [3.63, 3.8) is 0 Å². The van der Waals surface area contributed by atoms with Gasteiger partial charge in [-0.3, -0.25) is 9.59 Å². The summed E-state index contributed by atoms with van der Waals surface area (Å²) in [6.07, 6.45) is 2.61. The molecule has 21 heavy (non-hydrogen) atoms. The lowest BCUT2D eigenvalue weighted by Gasteiger charge is -2.13. The van der Waals surface area contributed by atoms with E-state index in [4.69, 9.17) is 16.2 Å². The summed E-state index contributed by atoms with van der Waals surface area (Å²) in [5, 5.41) is 2.78. The Morgan fingerprint density at radius 1 is 1.33 bits per heavy atom. The number of hydrogen-bond acceptors (Lipinski definition) is 4. The molecule has 6 heteroatoms. The minimum Gasteiger partial charge on any atom is -0.496 e. The summed E-state index contributed by atoms with van der Waals surface area (Å²) < 4.78 is 5.05. The predicted molar refractivity (Wildman–Crippen MR) is 82.2 cm³/mol. The van der Waals surface area contributed by atoms with Crippen LogP contribution in [0.15, 0.2) is 18.2 Å². The predicted octanol–water partition coefficient (Wildman–Crippen LogP) is 1.50. The topological polar surface area (TPSA) is 107 Å². The van der Waals surface area contributed by atoms with Gasteiger partial charge in [0.1, 0.15) is 5.75 Å². The first kappa shape index (κ1) is 17.0. The maximum Gasteiger partial charge on any atom is 0.252 e. The van der Waals surface area contributed by atoms with Crippen LogP contribution in [0, 0.1) is 5.92 Å². The molecule has 1 aromatic rings. The molecule has 1 atom stereocenters. The minimum absolute atomic E-state index is 0.0902. The molecule has 1 rings (SSSR count). The van der Waals surface area contributed by atoms with Gasteiger partial charge in [0.05, 0.1) is 12.7 Å². The molecule has 0 aliphatic heterocycles. The average Bonchev–Trinajstić information content (AvgIpc) is 2.47. The molecular weight excluding hydrogens is 270 g/mol. The Kier molecular flexibility index (Phi) is 6.68. The third-order valence-corrected chi connectivity index (χ3v) is 3.27. The number of amides is 2. The summed E-state index contributed by atoms with van der Waals surface area (Å²) in [6, 6.07) is 4.80. The van der Waals surface area contributed by atoms with Crippen LogP contribution >= 0.6 is 0 Å². The van der Waals surface area contributed by atoms with E-state index in [0.29, 0.717) is 18.0 Å². The molecule has 0 heterocycles. The van der Waals surface area contributed by atoms with Crippen molar-refractivity contribution >= 4 is 17.5 Å². The van der Waals surface area contributed by atoms with E-state index in [1.165, 1.54) is 13.2 Å². The number of nitrogens with two attached hydrogens (primary N) is 2. The third kappa shape index (κ3) is 5.07. The lowest BCUT2D eigenvalue weighted by atomic mass is 10.0. The van der Waals surface area contributed by atoms with Crippen LogP contribution in [0.4, 0.5) is 5.69 Å². The Balaban J connectivity index is 2.72. The highest BCUT2D eigenvalue weighted by atomic mass is 16.5. The summed E-state index contributed by atoms with van der Waals surface area (Å²) in [7, 11) is 1.46. The Morgan fingerprint density at radius 3 is 2.62 bits per heavy atom. The van der Waals surface area contributed by atoms with Crippen molar-refractivity contribution in [2.75, 3.05) is 19.0 Å². The molecule has 0 aliphatic carbocycles. The zero-order valence-corrected chi connectivity index (χ0v) is 12.5. The second-order valence-electron chi connectivity index (χ2n) is 4.95. The van der Waals surface area contributed by atoms with Gasteiger partial charge in [-0.15, -0.1) is 0 Å². The number of nitrogens with one attached hydrogen (secondary N) is 1. The smallest absolute Gasteiger partial charge is 0.252 e. The third-order valence-electron chi connectivity index (χ3n) is 3.27. The molecule has 2 amide bonds. The number of unbranched alkanes of at least 4 members (excludes halogenated alkanes) is 1. The molecule has 0 aromatic heterocycles. The molecule has 0 bridgehead atoms. The van der Waals surface area contributed by atoms with Gasteiger partial charge in [-0.25, -0.2) is 0 Å². The van der Waals surface area contributed by atoms with Gasteiger partial charge >= 0.3 is 0 Å². The standard InChI is InChI=1S/C15H23N3O3/c1-10(5-3-4-8-16)15(20)18-11-6-7-13(21-2)12(9-11)14(17)19/h6-7,9-10H,3-5,8,16H2,1-2H3,(H2,17,19)(H,18,20)/t10-/m0/s1. The largest absolute Gasteiger partial charge is 0.496 e. The lowest BCUT2D eigenvalue weighted by molar-refractivity contribution is -0.119. The van der Waals surface area contributed by atoms with Crippen molar-refractivity contribution < 1.29 is 14.3 Å². The molecule has 0 saturated carbocycles. The number of anilines is 1. The van der Waals surface area contributed by atoms with Crippen LogP contribution in [0.1, 0.15) is 36.5 Å². The summed E-state index contributed by atoms with van der Waals surface area (Å²) in [5.74, 6) is -0.418. The highest BCUT2D eigenvalue weighted by molar-refractivity contribution is 5.98. The van der Waals surface area contributed by atoms with E-state index in [0.717, 1.165) is 19.3 Å². The zero-order valence-electron chi connectivity index (χ0n) is 12.5. The Morgan fingerprint density at radius 2 is 2.05 bits per heavy atom. The first-order chi connectivity index (χ1) is 9.99. The van der Waals surface area contributed by atoms with Crippen molar-refractivity contribution in [3.8, 4) is 5.75 Å². The van der Waals surface area contributed by atoms with Crippen LogP contribution in [-0.4, -0.2) is 25.5 Å². The second kappa shape index (κ2) is 8.26. The van der Waals surface area contributed by atoms with E-state index in [1.807, 2.05) is 6.92 Å². The van der Waals surface area contributed by atoms with Crippen LogP contribution in [0.5, 0.6) is 5.75 Å². The average molecular weight is 293 g/mol. The lowest BCUT2D eigenvalue weighted by Crippen LogP contribution is -2.21. The molecule has 116 valence electrons. The molecule has 0 unspecified atom stereocenters. The van der Waals surface area contributed by atoms with Crippen LogP contribution in [-0.2, 0) is 4.79 Å². The van der Waals surface area contributed by atoms with Crippen molar-refractivity contribution in [1.82, 2.24) is 0 Å². The second-order valence-corrected chi connectivity index (χ2v) is 4.95. The van der Waals surface area contributed by atoms with Gasteiger partial charge in [0, 0.05) is 11.6 Å². The van der Waals surface area contributed by atoms with Crippen molar-refractivity contribution in [2.24, 2.45) is 17.4 Å². The number of ether oxygens (including phenoxy) is 1. The molecular formula is C15H23N3O3. The number of hydrogen-bond donors (Lipinski definition) is 3. The number of rotatable bonds is 8. The normalized spacial score (nSPS) is 11.8. The van der Waals surface area contributed by atoms with E-state index in [1.54, 1.807) is 12.1 Å². The number of methoxy groups -OCH3 is 1. The number of primary amides is 1. The molecule has 0 aliphatic rings. The molecule has 5 N–H and O–H groups in total. The molecule has 0 saturated heterocycles. The summed E-state index contributed by atoms with van der Waals surface area (Å²) in [4.78, 5) is 23.4. The Hall–Kier alpha value is -2.08. The maximum atomic E-state index is 12.1. The van der Waals surface area contributed by atoms with Gasteiger partial charge in [0.25, 0.3) is 5.91 Å². The van der Waals surface area contributed by atoms with Crippen LogP contribution in [0.3, 0.4) is 0 Å². The zero-order chi connectivity index (χ0) is 15.8. The van der Waals surface area contributed by atoms with Gasteiger partial charge in [0.15, 0.2) is 0 Å². The van der Waals surface area contributed by atoms with Gasteiger partial charge in [0.2, 0.25) is 5.91 Å². The summed E-state index contributed by atoms with van der Waals surface area (Å²) in [5.41, 5.74) is 11.5. The number of carbonyl (C=O) groups is 2. The highest BCUT2D eigenvalue weighted by Gasteiger charge is 2.15. The number of carbonyl (C=O) groups excluding carboxylic acids is 2. The van der Waals surface area contributed by atoms with Gasteiger partial charge in [-0.05, 0) is 37.6 Å². The van der Waals surface area contributed by atoms with Crippen LogP contribution in [0.2, 0.25) is 0 Å². The Bertz CT molecular complexity index is 503. The quantitative estimate of drug-likeness (QED) is 0.631. The van der Waals surface area contributed by atoms with E-state index in [9.17, 15) is 9.59 Å². The first-order valence-corrected chi connectivity index (χ1v) is 6.98. The SMILES string of the molecule is COc1ccc(NC(=O)[C@@H](C)CCCCN)cc1C(N)=O. The first-order valence-electron chi connectivity index (χ1n) is 6.98. The monoisotopic (exact) mass is 293 g/mol. The Labute approximate surface area is 124 Å². The van der Waals surface area contributed by atoms with E-state index < -0.39 is 5.91 Å². The molecule has 1 aromatic carbocycles. The van der Waals surface area contributed by atoms with Crippen molar-refractivity contribution in [3.05, 3.63) is 23.8 Å². The highest BCUT2D eigenvalue weighted by Crippen LogP contribution is 2.23. The van der Waals surface area contributed by atoms with Crippen molar-refractivity contribution in [2.45, 2.75) is 26.2 Å². The fourth-order valence-corrected chi connectivity index (χ4v) is 1.97. The van der Waals surface area contributed by atoms with E-state index in [-0.39, 0.29) is 17.4 Å². The fraction of sp³-hybridized carbons (Fsp3) is 0.467. The van der Waals surface area contributed by atoms with Gasteiger partial charge in [-0.2, -0.15) is 0 Å². The molecule has 0 fully saturated rings. The van der Waals surface area contributed by atoms with Gasteiger partial charge in [-0.1, -0.05) is 13.3 Å². The van der Waals surface area contributed by atoms with Crippen molar-refractivity contribution in [1.29, 1.82) is 0 Å². The molecule has 0 radical (unpaired) electrons. The number of benzene rings is 1. The summed E-state index contributed by atoms with van der Waals surface area (Å²) in [6.45, 7) is 2.50. The van der Waals surface area contributed by atoms with E-state index >= 15 is 0 Å². The molecule has 0 spiro atoms. The maximum absolute atomic E-state index is 12.1. The molecule has 6 nitrogen and oxygen atoms in total.